The first-order valence-corrected chi connectivity index (χ1v) is 6.07. The van der Waals surface area contributed by atoms with Gasteiger partial charge in [0.1, 0.15) is 12.3 Å². The van der Waals surface area contributed by atoms with Gasteiger partial charge < -0.3 is 14.7 Å². The molecule has 0 aliphatic heterocycles. The zero-order chi connectivity index (χ0) is 14.1. The van der Waals surface area contributed by atoms with Gasteiger partial charge in [0.25, 0.3) is 5.91 Å². The third-order valence-electron chi connectivity index (χ3n) is 2.55. The Morgan fingerprint density at radius 2 is 2.37 bits per heavy atom. The highest BCUT2D eigenvalue weighted by atomic mass is 16.5. The van der Waals surface area contributed by atoms with Crippen LogP contribution in [0, 0.1) is 11.8 Å². The van der Waals surface area contributed by atoms with Crippen molar-refractivity contribution in [2.24, 2.45) is 0 Å². The molecule has 1 N–H and O–H groups in total. The van der Waals surface area contributed by atoms with Crippen LogP contribution < -0.4 is 0 Å². The smallest absolute Gasteiger partial charge is 0.273 e. The zero-order valence-electron chi connectivity index (χ0n) is 11.2. The average molecular weight is 262 g/mol. The molecule has 102 valence electrons. The third kappa shape index (κ3) is 4.36. The first kappa shape index (κ1) is 15.2. The molecule has 0 radical (unpaired) electrons. The minimum Gasteiger partial charge on any atom is -0.384 e. The number of hydrogen-bond donors (Lipinski definition) is 1. The monoisotopic (exact) mass is 262 g/mol. The van der Waals surface area contributed by atoms with Gasteiger partial charge in [-0.15, -0.1) is 0 Å². The highest BCUT2D eigenvalue weighted by Crippen LogP contribution is 2.07. The first-order chi connectivity index (χ1) is 9.24. The standard InChI is InChI=1S/C14H18N2O3/c1-3-16(9-11-19-2)14(18)13-12(7-5-10-17)6-4-8-15-13/h4,6,8,17H,3,9-11H2,1-2H3. The van der Waals surface area contributed by atoms with Crippen LogP contribution in [0.5, 0.6) is 0 Å². The lowest BCUT2D eigenvalue weighted by molar-refractivity contribution is 0.0700. The van der Waals surface area contributed by atoms with Gasteiger partial charge in [-0.05, 0) is 19.1 Å². The Bertz CT molecular complexity index is 477. The Labute approximate surface area is 113 Å². The summed E-state index contributed by atoms with van der Waals surface area (Å²) in [5.74, 6) is 5.09. The fraction of sp³-hybridized carbons (Fsp3) is 0.429. The van der Waals surface area contributed by atoms with Crippen LogP contribution in [0.25, 0.3) is 0 Å². The number of pyridine rings is 1. The van der Waals surface area contributed by atoms with Crippen LogP contribution in [0.1, 0.15) is 23.0 Å². The Kier molecular flexibility index (Phi) is 6.58. The van der Waals surface area contributed by atoms with E-state index >= 15 is 0 Å². The van der Waals surface area contributed by atoms with Gasteiger partial charge in [-0.25, -0.2) is 4.98 Å². The molecule has 0 atom stereocenters. The second-order valence-electron chi connectivity index (χ2n) is 3.74. The van der Waals surface area contributed by atoms with Gasteiger partial charge in [0.05, 0.1) is 12.2 Å². The number of amides is 1. The summed E-state index contributed by atoms with van der Waals surface area (Å²) in [5.41, 5.74) is 0.832. The van der Waals surface area contributed by atoms with E-state index in [1.165, 1.54) is 0 Å². The number of rotatable bonds is 5. The molecule has 1 amide bonds. The van der Waals surface area contributed by atoms with Crippen molar-refractivity contribution < 1.29 is 14.6 Å². The summed E-state index contributed by atoms with van der Waals surface area (Å²) in [6.07, 6.45) is 1.56. The summed E-state index contributed by atoms with van der Waals surface area (Å²) in [5, 5.41) is 8.72. The van der Waals surface area contributed by atoms with E-state index in [4.69, 9.17) is 9.84 Å². The van der Waals surface area contributed by atoms with Crippen molar-refractivity contribution in [3.05, 3.63) is 29.6 Å². The van der Waals surface area contributed by atoms with Crippen LogP contribution >= 0.6 is 0 Å². The molecule has 19 heavy (non-hydrogen) atoms. The number of likely N-dealkylation sites (N-methyl/N-ethyl adjacent to an activating group) is 1. The Morgan fingerprint density at radius 1 is 1.58 bits per heavy atom. The van der Waals surface area contributed by atoms with Crippen molar-refractivity contribution in [2.45, 2.75) is 6.92 Å². The number of ether oxygens (including phenoxy) is 1. The molecule has 0 bridgehead atoms. The van der Waals surface area contributed by atoms with Crippen molar-refractivity contribution in [3.63, 3.8) is 0 Å². The number of nitrogens with zero attached hydrogens (tertiary/aromatic N) is 2. The normalized spacial score (nSPS) is 9.63. The number of aromatic nitrogens is 1. The molecule has 0 fully saturated rings. The molecule has 0 spiro atoms. The molecule has 0 aliphatic carbocycles. The topological polar surface area (TPSA) is 62.7 Å². The molecule has 0 saturated heterocycles. The zero-order valence-corrected chi connectivity index (χ0v) is 11.2. The summed E-state index contributed by atoms with van der Waals surface area (Å²) in [6, 6.07) is 3.43. The summed E-state index contributed by atoms with van der Waals surface area (Å²) >= 11 is 0. The molecular weight excluding hydrogens is 244 g/mol. The van der Waals surface area contributed by atoms with E-state index in [9.17, 15) is 4.79 Å². The fourth-order valence-electron chi connectivity index (χ4n) is 1.57. The van der Waals surface area contributed by atoms with E-state index in [1.54, 1.807) is 30.3 Å². The Morgan fingerprint density at radius 3 is 3.00 bits per heavy atom. The van der Waals surface area contributed by atoms with Crippen LogP contribution in [0.15, 0.2) is 18.3 Å². The molecule has 0 saturated carbocycles. The molecule has 0 aromatic carbocycles. The second kappa shape index (κ2) is 8.25. The predicted octanol–water partition coefficient (Wildman–Crippen LogP) is 0.534. The maximum Gasteiger partial charge on any atom is 0.273 e. The van der Waals surface area contributed by atoms with E-state index < -0.39 is 0 Å². The number of hydrogen-bond acceptors (Lipinski definition) is 4. The van der Waals surface area contributed by atoms with Gasteiger partial charge in [0.2, 0.25) is 0 Å². The molecular formula is C14H18N2O3. The molecule has 5 heteroatoms. The maximum atomic E-state index is 12.3. The highest BCUT2D eigenvalue weighted by molar-refractivity contribution is 5.94. The summed E-state index contributed by atoms with van der Waals surface area (Å²) < 4.78 is 4.98. The van der Waals surface area contributed by atoms with Gasteiger partial charge in [0.15, 0.2) is 0 Å². The minimum absolute atomic E-state index is 0.178. The van der Waals surface area contributed by atoms with Crippen molar-refractivity contribution in [2.75, 3.05) is 33.4 Å². The summed E-state index contributed by atoms with van der Waals surface area (Å²) in [7, 11) is 1.59. The Hall–Kier alpha value is -1.90. The van der Waals surface area contributed by atoms with Crippen LogP contribution in [-0.4, -0.2) is 54.3 Å². The molecule has 1 aromatic rings. The third-order valence-corrected chi connectivity index (χ3v) is 2.55. The van der Waals surface area contributed by atoms with Crippen LogP contribution in [-0.2, 0) is 4.74 Å². The van der Waals surface area contributed by atoms with E-state index in [0.29, 0.717) is 31.0 Å². The maximum absolute atomic E-state index is 12.3. The molecule has 0 unspecified atom stereocenters. The van der Waals surface area contributed by atoms with Crippen molar-refractivity contribution in [1.29, 1.82) is 0 Å². The fourth-order valence-corrected chi connectivity index (χ4v) is 1.57. The second-order valence-corrected chi connectivity index (χ2v) is 3.74. The van der Waals surface area contributed by atoms with Crippen LogP contribution in [0.3, 0.4) is 0 Å². The molecule has 1 heterocycles. The van der Waals surface area contributed by atoms with Crippen LogP contribution in [0.4, 0.5) is 0 Å². The van der Waals surface area contributed by atoms with Crippen molar-refractivity contribution in [3.8, 4) is 11.8 Å². The van der Waals surface area contributed by atoms with Crippen LogP contribution in [0.2, 0.25) is 0 Å². The van der Waals surface area contributed by atoms with E-state index in [0.717, 1.165) is 0 Å². The van der Waals surface area contributed by atoms with Gasteiger partial charge in [-0.3, -0.25) is 4.79 Å². The van der Waals surface area contributed by atoms with Gasteiger partial charge in [-0.1, -0.05) is 11.8 Å². The largest absolute Gasteiger partial charge is 0.384 e. The van der Waals surface area contributed by atoms with Gasteiger partial charge in [0, 0.05) is 26.4 Å². The van der Waals surface area contributed by atoms with Gasteiger partial charge in [-0.2, -0.15) is 0 Å². The number of methoxy groups -OCH3 is 1. The molecule has 1 rings (SSSR count). The van der Waals surface area contributed by atoms with E-state index in [-0.39, 0.29) is 12.5 Å². The van der Waals surface area contributed by atoms with Gasteiger partial charge >= 0.3 is 0 Å². The number of carbonyl (C=O) groups is 1. The molecule has 5 nitrogen and oxygen atoms in total. The number of aliphatic hydroxyl groups is 1. The SMILES string of the molecule is CCN(CCOC)C(=O)c1ncccc1C#CCO. The summed E-state index contributed by atoms with van der Waals surface area (Å²) in [6.45, 7) is 3.21. The van der Waals surface area contributed by atoms with Crippen molar-refractivity contribution >= 4 is 5.91 Å². The van der Waals surface area contributed by atoms with E-state index in [2.05, 4.69) is 16.8 Å². The summed E-state index contributed by atoms with van der Waals surface area (Å²) in [4.78, 5) is 18.1. The lowest BCUT2D eigenvalue weighted by atomic mass is 10.1. The molecule has 0 aliphatic rings. The molecule has 1 aromatic heterocycles. The lowest BCUT2D eigenvalue weighted by Crippen LogP contribution is -2.34. The average Bonchev–Trinajstić information content (AvgIpc) is 2.46. The quantitative estimate of drug-likeness (QED) is 0.786. The van der Waals surface area contributed by atoms with E-state index in [1.807, 2.05) is 6.92 Å². The lowest BCUT2D eigenvalue weighted by Gasteiger charge is -2.20. The predicted molar refractivity (Wildman–Crippen MR) is 71.7 cm³/mol. The highest BCUT2D eigenvalue weighted by Gasteiger charge is 2.17. The first-order valence-electron chi connectivity index (χ1n) is 6.07. The number of carbonyl (C=O) groups excluding carboxylic acids is 1. The number of aliphatic hydroxyl groups excluding tert-OH is 1. The van der Waals surface area contributed by atoms with Crippen molar-refractivity contribution in [1.82, 2.24) is 9.88 Å². The minimum atomic E-state index is -0.246. The Balaban J connectivity index is 2.97.